The molecule has 0 amide bonds. The van der Waals surface area contributed by atoms with Gasteiger partial charge < -0.3 is 0 Å². The minimum Gasteiger partial charge on any atom is -0.271 e. The molecule has 0 heterocycles. The number of aryl methyl sites for hydroxylation is 2. The van der Waals surface area contributed by atoms with Crippen LogP contribution in [-0.2, 0) is 12.8 Å². The molecule has 0 aromatic heterocycles. The maximum atomic E-state index is 5.80. The molecular weight excluding hydrogens is 232 g/mol. The smallest absolute Gasteiger partial charge is 0.0712 e. The first kappa shape index (κ1) is 13.8. The van der Waals surface area contributed by atoms with Crippen LogP contribution in [0.2, 0.25) is 0 Å². The highest BCUT2D eigenvalue weighted by atomic mass is 15.2. The average Bonchev–Trinajstić information content (AvgIpc) is 2.49. The first-order chi connectivity index (χ1) is 9.30. The van der Waals surface area contributed by atoms with Crippen LogP contribution in [0.25, 0.3) is 0 Å². The number of rotatable bonds is 5. The molecule has 1 unspecified atom stereocenters. The molecule has 2 heteroatoms. The van der Waals surface area contributed by atoms with Crippen LogP contribution >= 0.6 is 0 Å². The molecule has 19 heavy (non-hydrogen) atoms. The molecule has 0 fully saturated rings. The van der Waals surface area contributed by atoms with E-state index in [1.807, 2.05) is 0 Å². The summed E-state index contributed by atoms with van der Waals surface area (Å²) in [4.78, 5) is 0. The maximum Gasteiger partial charge on any atom is 0.0712 e. The van der Waals surface area contributed by atoms with Crippen molar-refractivity contribution in [2.75, 3.05) is 0 Å². The minimum absolute atomic E-state index is 0.0580. The lowest BCUT2D eigenvalue weighted by Gasteiger charge is -2.20. The summed E-state index contributed by atoms with van der Waals surface area (Å²) in [6.07, 6.45) is 2.06. The van der Waals surface area contributed by atoms with Crippen LogP contribution in [0.15, 0.2) is 48.5 Å². The van der Waals surface area contributed by atoms with Gasteiger partial charge in [0, 0.05) is 0 Å². The highest BCUT2D eigenvalue weighted by molar-refractivity contribution is 5.38. The Morgan fingerprint density at radius 2 is 1.79 bits per heavy atom. The number of nitrogens with one attached hydrogen (secondary N) is 1. The van der Waals surface area contributed by atoms with Crippen molar-refractivity contribution in [2.24, 2.45) is 5.84 Å². The molecule has 0 bridgehead atoms. The summed E-state index contributed by atoms with van der Waals surface area (Å²) in [7, 11) is 0. The van der Waals surface area contributed by atoms with Crippen molar-refractivity contribution in [3.05, 3.63) is 70.8 Å². The summed E-state index contributed by atoms with van der Waals surface area (Å²) >= 11 is 0. The molecule has 2 aromatic rings. The molecule has 0 spiro atoms. The fourth-order valence-electron chi connectivity index (χ4n) is 2.50. The normalized spacial score (nSPS) is 12.4. The molecular formula is C17H22N2. The second-order valence-corrected chi connectivity index (χ2v) is 4.75. The van der Waals surface area contributed by atoms with Gasteiger partial charge in [-0.05, 0) is 35.1 Å². The summed E-state index contributed by atoms with van der Waals surface area (Å²) in [6.45, 7) is 4.35. The van der Waals surface area contributed by atoms with E-state index in [4.69, 9.17) is 5.84 Å². The number of hydrogen-bond acceptors (Lipinski definition) is 2. The van der Waals surface area contributed by atoms with Crippen molar-refractivity contribution < 1.29 is 0 Å². The molecule has 2 aromatic carbocycles. The van der Waals surface area contributed by atoms with Crippen LogP contribution in [0.1, 0.15) is 42.1 Å². The zero-order valence-electron chi connectivity index (χ0n) is 11.7. The van der Waals surface area contributed by atoms with Gasteiger partial charge in [-0.1, -0.05) is 62.4 Å². The van der Waals surface area contributed by atoms with Gasteiger partial charge in [-0.25, -0.2) is 5.43 Å². The largest absolute Gasteiger partial charge is 0.271 e. The fourth-order valence-corrected chi connectivity index (χ4v) is 2.50. The highest BCUT2D eigenvalue weighted by Gasteiger charge is 2.15. The first-order valence-electron chi connectivity index (χ1n) is 6.92. The van der Waals surface area contributed by atoms with E-state index >= 15 is 0 Å². The molecule has 0 radical (unpaired) electrons. The standard InChI is InChI=1S/C17H22N2/c1-3-13-8-7-10-15(12-13)17(19-18)16-11-6-5-9-14(16)4-2/h5-12,17,19H,3-4,18H2,1-2H3. The summed E-state index contributed by atoms with van der Waals surface area (Å²) in [5.74, 6) is 5.80. The Hall–Kier alpha value is -1.64. The number of nitrogens with two attached hydrogens (primary N) is 1. The van der Waals surface area contributed by atoms with Crippen LogP contribution in [0, 0.1) is 0 Å². The van der Waals surface area contributed by atoms with Crippen LogP contribution in [0.5, 0.6) is 0 Å². The average molecular weight is 254 g/mol. The number of hydrogen-bond donors (Lipinski definition) is 2. The van der Waals surface area contributed by atoms with E-state index in [0.29, 0.717) is 0 Å². The highest BCUT2D eigenvalue weighted by Crippen LogP contribution is 2.25. The first-order valence-corrected chi connectivity index (χ1v) is 6.92. The second kappa shape index (κ2) is 6.50. The van der Waals surface area contributed by atoms with Gasteiger partial charge in [-0.15, -0.1) is 0 Å². The minimum atomic E-state index is 0.0580. The van der Waals surface area contributed by atoms with E-state index in [0.717, 1.165) is 12.8 Å². The van der Waals surface area contributed by atoms with Crippen LogP contribution < -0.4 is 11.3 Å². The monoisotopic (exact) mass is 254 g/mol. The SMILES string of the molecule is CCc1cccc(C(NN)c2ccccc2CC)c1. The Morgan fingerprint density at radius 3 is 2.47 bits per heavy atom. The number of hydrazine groups is 1. The molecule has 2 nitrogen and oxygen atoms in total. The van der Waals surface area contributed by atoms with Crippen LogP contribution in [0.4, 0.5) is 0 Å². The van der Waals surface area contributed by atoms with E-state index in [1.165, 1.54) is 22.3 Å². The predicted molar refractivity (Wildman–Crippen MR) is 80.8 cm³/mol. The van der Waals surface area contributed by atoms with Gasteiger partial charge in [0.1, 0.15) is 0 Å². The van der Waals surface area contributed by atoms with E-state index in [2.05, 4.69) is 67.8 Å². The van der Waals surface area contributed by atoms with Gasteiger partial charge in [-0.3, -0.25) is 5.84 Å². The Balaban J connectivity index is 2.43. The third kappa shape index (κ3) is 3.03. The fraction of sp³-hybridized carbons (Fsp3) is 0.294. The van der Waals surface area contributed by atoms with Crippen LogP contribution in [-0.4, -0.2) is 0 Å². The molecule has 2 rings (SSSR count). The Morgan fingerprint density at radius 1 is 1.00 bits per heavy atom. The van der Waals surface area contributed by atoms with Crippen molar-refractivity contribution in [1.29, 1.82) is 0 Å². The van der Waals surface area contributed by atoms with Gasteiger partial charge in [-0.2, -0.15) is 0 Å². The quantitative estimate of drug-likeness (QED) is 0.634. The van der Waals surface area contributed by atoms with E-state index in [-0.39, 0.29) is 6.04 Å². The molecule has 0 saturated heterocycles. The zero-order chi connectivity index (χ0) is 13.7. The summed E-state index contributed by atoms with van der Waals surface area (Å²) < 4.78 is 0. The molecule has 1 atom stereocenters. The second-order valence-electron chi connectivity index (χ2n) is 4.75. The van der Waals surface area contributed by atoms with Gasteiger partial charge >= 0.3 is 0 Å². The summed E-state index contributed by atoms with van der Waals surface area (Å²) in [6, 6.07) is 17.2. The molecule has 3 N–H and O–H groups in total. The maximum absolute atomic E-state index is 5.80. The molecule has 0 aliphatic rings. The number of benzene rings is 2. The summed E-state index contributed by atoms with van der Waals surface area (Å²) in [5, 5.41) is 0. The van der Waals surface area contributed by atoms with Crippen LogP contribution in [0.3, 0.4) is 0 Å². The molecule has 0 saturated carbocycles. The Labute approximate surface area is 115 Å². The summed E-state index contributed by atoms with van der Waals surface area (Å²) in [5.41, 5.74) is 8.13. The van der Waals surface area contributed by atoms with Gasteiger partial charge in [0.05, 0.1) is 6.04 Å². The lowest BCUT2D eigenvalue weighted by molar-refractivity contribution is 0.630. The lowest BCUT2D eigenvalue weighted by atomic mass is 9.92. The molecule has 0 aliphatic carbocycles. The predicted octanol–water partition coefficient (Wildman–Crippen LogP) is 3.36. The van der Waals surface area contributed by atoms with Crippen molar-refractivity contribution in [1.82, 2.24) is 5.43 Å². The molecule has 100 valence electrons. The lowest BCUT2D eigenvalue weighted by Crippen LogP contribution is -2.29. The van der Waals surface area contributed by atoms with Crippen molar-refractivity contribution in [3.8, 4) is 0 Å². The van der Waals surface area contributed by atoms with Gasteiger partial charge in [0.2, 0.25) is 0 Å². The third-order valence-corrected chi connectivity index (χ3v) is 3.61. The van der Waals surface area contributed by atoms with E-state index in [9.17, 15) is 0 Å². The van der Waals surface area contributed by atoms with Gasteiger partial charge in [0.15, 0.2) is 0 Å². The zero-order valence-corrected chi connectivity index (χ0v) is 11.7. The van der Waals surface area contributed by atoms with Crippen molar-refractivity contribution in [2.45, 2.75) is 32.7 Å². The van der Waals surface area contributed by atoms with Gasteiger partial charge in [0.25, 0.3) is 0 Å². The van der Waals surface area contributed by atoms with E-state index in [1.54, 1.807) is 0 Å². The van der Waals surface area contributed by atoms with E-state index < -0.39 is 0 Å². The topological polar surface area (TPSA) is 38.0 Å². The Bertz CT molecular complexity index is 534. The Kier molecular flexibility index (Phi) is 4.72. The van der Waals surface area contributed by atoms with Crippen molar-refractivity contribution in [3.63, 3.8) is 0 Å². The molecule has 0 aliphatic heterocycles. The van der Waals surface area contributed by atoms with Crippen molar-refractivity contribution >= 4 is 0 Å². The third-order valence-electron chi connectivity index (χ3n) is 3.61.